The zero-order valence-corrected chi connectivity index (χ0v) is 12.7. The van der Waals surface area contributed by atoms with E-state index in [1.165, 1.54) is 6.42 Å². The van der Waals surface area contributed by atoms with Crippen LogP contribution in [-0.4, -0.2) is 28.5 Å². The van der Waals surface area contributed by atoms with Gasteiger partial charge in [0.05, 0.1) is 6.33 Å². The van der Waals surface area contributed by atoms with Gasteiger partial charge in [-0.1, -0.05) is 12.1 Å². The number of carbonyl (C=O) groups is 1. The highest BCUT2D eigenvalue weighted by molar-refractivity contribution is 5.75. The minimum absolute atomic E-state index is 0.139. The van der Waals surface area contributed by atoms with Gasteiger partial charge in [-0.2, -0.15) is 0 Å². The van der Waals surface area contributed by atoms with Crippen LogP contribution in [0.5, 0.6) is 0 Å². The van der Waals surface area contributed by atoms with Crippen molar-refractivity contribution in [2.24, 2.45) is 5.92 Å². The van der Waals surface area contributed by atoms with Crippen LogP contribution < -0.4 is 10.6 Å². The number of nitrogens with zero attached hydrogens (tertiary/aromatic N) is 2. The molecule has 5 heteroatoms. The number of rotatable bonds is 6. The maximum Gasteiger partial charge on any atom is 0.220 e. The van der Waals surface area contributed by atoms with Crippen molar-refractivity contribution in [2.45, 2.75) is 25.8 Å². The van der Waals surface area contributed by atoms with Crippen molar-refractivity contribution in [3.8, 4) is 5.69 Å². The van der Waals surface area contributed by atoms with Gasteiger partial charge in [0.15, 0.2) is 0 Å². The van der Waals surface area contributed by atoms with Crippen molar-refractivity contribution >= 4 is 5.91 Å². The molecule has 2 N–H and O–H groups in total. The molecular weight excluding hydrogens is 276 g/mol. The van der Waals surface area contributed by atoms with Crippen molar-refractivity contribution in [3.63, 3.8) is 0 Å². The van der Waals surface area contributed by atoms with Gasteiger partial charge in [0.1, 0.15) is 0 Å². The van der Waals surface area contributed by atoms with Gasteiger partial charge in [-0.05, 0) is 49.5 Å². The minimum Gasteiger partial charge on any atom is -0.352 e. The van der Waals surface area contributed by atoms with Gasteiger partial charge in [-0.15, -0.1) is 0 Å². The molecule has 1 aliphatic rings. The van der Waals surface area contributed by atoms with E-state index in [0.717, 1.165) is 30.8 Å². The fourth-order valence-corrected chi connectivity index (χ4v) is 2.82. The molecule has 1 fully saturated rings. The van der Waals surface area contributed by atoms with Crippen molar-refractivity contribution in [2.75, 3.05) is 13.1 Å². The Kier molecular flexibility index (Phi) is 4.85. The lowest BCUT2D eigenvalue weighted by Gasteiger charge is -2.10. The van der Waals surface area contributed by atoms with Gasteiger partial charge in [0.25, 0.3) is 0 Å². The maximum absolute atomic E-state index is 11.9. The van der Waals surface area contributed by atoms with Crippen LogP contribution in [-0.2, 0) is 11.3 Å². The predicted octanol–water partition coefficient (Wildman–Crippen LogP) is 1.88. The van der Waals surface area contributed by atoms with Crippen LogP contribution in [0.2, 0.25) is 0 Å². The zero-order chi connectivity index (χ0) is 15.2. The summed E-state index contributed by atoms with van der Waals surface area (Å²) in [6.45, 7) is 2.72. The fraction of sp³-hybridized carbons (Fsp3) is 0.412. The van der Waals surface area contributed by atoms with E-state index in [1.54, 1.807) is 12.5 Å². The van der Waals surface area contributed by atoms with Crippen molar-refractivity contribution in [1.29, 1.82) is 0 Å². The van der Waals surface area contributed by atoms with Crippen LogP contribution in [0.3, 0.4) is 0 Å². The Morgan fingerprint density at radius 2 is 2.41 bits per heavy atom. The molecule has 1 amide bonds. The molecule has 3 rings (SSSR count). The highest BCUT2D eigenvalue weighted by Gasteiger charge is 2.15. The highest BCUT2D eigenvalue weighted by atomic mass is 16.1. The van der Waals surface area contributed by atoms with E-state index in [4.69, 9.17) is 0 Å². The number of amides is 1. The summed E-state index contributed by atoms with van der Waals surface area (Å²) in [5.74, 6) is 0.801. The lowest BCUT2D eigenvalue weighted by molar-refractivity contribution is -0.121. The topological polar surface area (TPSA) is 59.0 Å². The molecule has 1 saturated heterocycles. The number of hydrogen-bond donors (Lipinski definition) is 2. The van der Waals surface area contributed by atoms with Crippen LogP contribution in [0, 0.1) is 5.92 Å². The molecule has 0 spiro atoms. The molecule has 116 valence electrons. The maximum atomic E-state index is 11.9. The molecular formula is C17H22N4O. The molecule has 0 saturated carbocycles. The van der Waals surface area contributed by atoms with E-state index in [-0.39, 0.29) is 5.91 Å². The van der Waals surface area contributed by atoms with E-state index in [2.05, 4.69) is 21.7 Å². The van der Waals surface area contributed by atoms with Crippen molar-refractivity contribution in [1.82, 2.24) is 20.2 Å². The molecule has 1 atom stereocenters. The van der Waals surface area contributed by atoms with Crippen LogP contribution in [0.1, 0.15) is 24.8 Å². The third-order valence-electron chi connectivity index (χ3n) is 4.14. The first-order valence-corrected chi connectivity index (χ1v) is 7.86. The molecule has 1 aliphatic heterocycles. The molecule has 0 radical (unpaired) electrons. The number of aromatic nitrogens is 2. The Bertz CT molecular complexity index is 603. The quantitative estimate of drug-likeness (QED) is 0.856. The largest absolute Gasteiger partial charge is 0.352 e. The molecule has 5 nitrogen and oxygen atoms in total. The van der Waals surface area contributed by atoms with Gasteiger partial charge in [0.2, 0.25) is 5.91 Å². The van der Waals surface area contributed by atoms with Crippen LogP contribution in [0.4, 0.5) is 0 Å². The molecule has 22 heavy (non-hydrogen) atoms. The standard InChI is InChI=1S/C17H22N4O/c22-17(5-4-14-6-7-18-11-14)20-12-15-2-1-3-16(10-15)21-9-8-19-13-21/h1-3,8-10,13-14,18H,4-7,11-12H2,(H,20,22). The lowest BCUT2D eigenvalue weighted by Crippen LogP contribution is -2.23. The summed E-state index contributed by atoms with van der Waals surface area (Å²) >= 11 is 0. The van der Waals surface area contributed by atoms with E-state index in [1.807, 2.05) is 29.0 Å². The Hall–Kier alpha value is -2.14. The molecule has 2 heterocycles. The predicted molar refractivity (Wildman–Crippen MR) is 85.6 cm³/mol. The van der Waals surface area contributed by atoms with Crippen LogP contribution in [0.25, 0.3) is 5.69 Å². The summed E-state index contributed by atoms with van der Waals surface area (Å²) in [5, 5.41) is 6.35. The second-order valence-electron chi connectivity index (χ2n) is 5.81. The summed E-state index contributed by atoms with van der Waals surface area (Å²) in [7, 11) is 0. The number of benzene rings is 1. The monoisotopic (exact) mass is 298 g/mol. The first-order chi connectivity index (χ1) is 10.8. The van der Waals surface area contributed by atoms with Gasteiger partial charge in [-0.25, -0.2) is 4.98 Å². The van der Waals surface area contributed by atoms with E-state index in [0.29, 0.717) is 18.9 Å². The first-order valence-electron chi connectivity index (χ1n) is 7.86. The Morgan fingerprint density at radius 1 is 1.45 bits per heavy atom. The first kappa shape index (κ1) is 14.8. The molecule has 1 aromatic heterocycles. The average Bonchev–Trinajstić information content (AvgIpc) is 3.24. The summed E-state index contributed by atoms with van der Waals surface area (Å²) in [4.78, 5) is 16.0. The molecule has 0 aliphatic carbocycles. The molecule has 0 bridgehead atoms. The number of carbonyl (C=O) groups excluding carboxylic acids is 1. The smallest absolute Gasteiger partial charge is 0.220 e. The van der Waals surface area contributed by atoms with Gasteiger partial charge < -0.3 is 15.2 Å². The third-order valence-corrected chi connectivity index (χ3v) is 4.14. The second-order valence-corrected chi connectivity index (χ2v) is 5.81. The Morgan fingerprint density at radius 3 is 3.18 bits per heavy atom. The molecule has 2 aromatic rings. The van der Waals surface area contributed by atoms with E-state index in [9.17, 15) is 4.79 Å². The number of hydrogen-bond acceptors (Lipinski definition) is 3. The van der Waals surface area contributed by atoms with Gasteiger partial charge >= 0.3 is 0 Å². The third kappa shape index (κ3) is 3.95. The summed E-state index contributed by atoms with van der Waals surface area (Å²) in [6, 6.07) is 8.13. The number of nitrogens with one attached hydrogen (secondary N) is 2. The van der Waals surface area contributed by atoms with Gasteiger partial charge in [-0.3, -0.25) is 4.79 Å². The fourth-order valence-electron chi connectivity index (χ4n) is 2.82. The molecule has 1 aromatic carbocycles. The summed E-state index contributed by atoms with van der Waals surface area (Å²) < 4.78 is 1.96. The second kappa shape index (κ2) is 7.22. The van der Waals surface area contributed by atoms with E-state index < -0.39 is 0 Å². The Labute approximate surface area is 130 Å². The minimum atomic E-state index is 0.139. The number of imidazole rings is 1. The SMILES string of the molecule is O=C(CCC1CCNC1)NCc1cccc(-n2ccnc2)c1. The molecule has 1 unspecified atom stereocenters. The lowest BCUT2D eigenvalue weighted by atomic mass is 10.0. The van der Waals surface area contributed by atoms with E-state index >= 15 is 0 Å². The average molecular weight is 298 g/mol. The highest BCUT2D eigenvalue weighted by Crippen LogP contribution is 2.14. The summed E-state index contributed by atoms with van der Waals surface area (Å²) in [5.41, 5.74) is 2.16. The van der Waals surface area contributed by atoms with Crippen molar-refractivity contribution in [3.05, 3.63) is 48.5 Å². The van der Waals surface area contributed by atoms with Gasteiger partial charge in [0, 0.05) is 31.0 Å². The summed E-state index contributed by atoms with van der Waals surface area (Å²) in [6.07, 6.45) is 8.23. The Balaban J connectivity index is 1.48. The van der Waals surface area contributed by atoms with Crippen molar-refractivity contribution < 1.29 is 4.79 Å². The van der Waals surface area contributed by atoms with Crippen LogP contribution in [0.15, 0.2) is 43.0 Å². The normalized spacial score (nSPS) is 17.5. The van der Waals surface area contributed by atoms with Crippen LogP contribution >= 0.6 is 0 Å². The zero-order valence-electron chi connectivity index (χ0n) is 12.7.